The molecule has 1 aromatic rings. The van der Waals surface area contributed by atoms with E-state index in [1.54, 1.807) is 6.33 Å². The van der Waals surface area contributed by atoms with Crippen LogP contribution in [0.25, 0.3) is 0 Å². The zero-order valence-corrected chi connectivity index (χ0v) is 13.4. The Balaban J connectivity index is 2.05. The Kier molecular flexibility index (Phi) is 4.66. The van der Waals surface area contributed by atoms with Gasteiger partial charge in [0.15, 0.2) is 0 Å². The van der Waals surface area contributed by atoms with Gasteiger partial charge in [0.25, 0.3) is 0 Å². The lowest BCUT2D eigenvalue weighted by Crippen LogP contribution is -2.44. The predicted molar refractivity (Wildman–Crippen MR) is 79.8 cm³/mol. The number of aliphatic carboxylic acids is 1. The van der Waals surface area contributed by atoms with Gasteiger partial charge in [-0.2, -0.15) is 5.10 Å². The lowest BCUT2D eigenvalue weighted by Gasteiger charge is -2.39. The van der Waals surface area contributed by atoms with Crippen molar-refractivity contribution in [3.63, 3.8) is 0 Å². The molecule has 1 saturated heterocycles. The molecule has 1 N–H and O–H groups in total. The van der Waals surface area contributed by atoms with Crippen LogP contribution in [0.5, 0.6) is 0 Å². The molecule has 0 amide bonds. The number of hydrogen-bond donors (Lipinski definition) is 1. The molecule has 0 radical (unpaired) electrons. The summed E-state index contributed by atoms with van der Waals surface area (Å²) in [6.45, 7) is 10.4. The van der Waals surface area contributed by atoms with Gasteiger partial charge in [0.1, 0.15) is 12.2 Å². The van der Waals surface area contributed by atoms with Crippen molar-refractivity contribution in [2.75, 3.05) is 13.1 Å². The van der Waals surface area contributed by atoms with Crippen LogP contribution < -0.4 is 0 Å². The molecule has 1 aromatic heterocycles. The highest BCUT2D eigenvalue weighted by Crippen LogP contribution is 2.34. The third-order valence-corrected chi connectivity index (χ3v) is 4.58. The van der Waals surface area contributed by atoms with Crippen LogP contribution in [0.1, 0.15) is 52.4 Å². The molecule has 1 fully saturated rings. The number of carboxylic acid groups (broad SMARTS) is 1. The molecule has 1 atom stereocenters. The van der Waals surface area contributed by atoms with E-state index in [0.717, 1.165) is 38.3 Å². The Morgan fingerprint density at radius 1 is 1.52 bits per heavy atom. The maximum atomic E-state index is 11.4. The summed E-state index contributed by atoms with van der Waals surface area (Å²) in [4.78, 5) is 18.1. The van der Waals surface area contributed by atoms with E-state index >= 15 is 0 Å². The van der Waals surface area contributed by atoms with Gasteiger partial charge in [-0.25, -0.2) is 9.67 Å². The fraction of sp³-hybridized carbons (Fsp3) is 0.800. The zero-order chi connectivity index (χ0) is 15.6. The third kappa shape index (κ3) is 3.43. The van der Waals surface area contributed by atoms with Gasteiger partial charge in [0.2, 0.25) is 0 Å². The van der Waals surface area contributed by atoms with E-state index < -0.39 is 11.4 Å². The van der Waals surface area contributed by atoms with Gasteiger partial charge >= 0.3 is 5.97 Å². The number of rotatable bonds is 5. The van der Waals surface area contributed by atoms with Crippen LogP contribution in [0.3, 0.4) is 0 Å². The predicted octanol–water partition coefficient (Wildman–Crippen LogP) is 2.18. The number of hydrogen-bond acceptors (Lipinski definition) is 4. The summed E-state index contributed by atoms with van der Waals surface area (Å²) in [6.07, 6.45) is 3.61. The molecule has 21 heavy (non-hydrogen) atoms. The Morgan fingerprint density at radius 3 is 2.86 bits per heavy atom. The van der Waals surface area contributed by atoms with E-state index in [0.29, 0.717) is 6.04 Å². The van der Waals surface area contributed by atoms with Crippen molar-refractivity contribution in [1.29, 1.82) is 0 Å². The molecule has 2 rings (SSSR count). The summed E-state index contributed by atoms with van der Waals surface area (Å²) in [6, 6.07) is 0.290. The highest BCUT2D eigenvalue weighted by Gasteiger charge is 2.39. The number of likely N-dealkylation sites (tertiary alicyclic amines) is 1. The molecule has 0 spiro atoms. The topological polar surface area (TPSA) is 71.2 Å². The lowest BCUT2D eigenvalue weighted by molar-refractivity contribution is -0.151. The second kappa shape index (κ2) is 6.13. The largest absolute Gasteiger partial charge is 0.481 e. The smallest absolute Gasteiger partial charge is 0.309 e. The monoisotopic (exact) mass is 294 g/mol. The van der Waals surface area contributed by atoms with Crippen molar-refractivity contribution in [3.05, 3.63) is 12.2 Å². The van der Waals surface area contributed by atoms with Gasteiger partial charge < -0.3 is 5.11 Å². The Bertz CT molecular complexity index is 496. The second-order valence-corrected chi connectivity index (χ2v) is 6.82. The summed E-state index contributed by atoms with van der Waals surface area (Å²) < 4.78 is 1.94. The highest BCUT2D eigenvalue weighted by molar-refractivity contribution is 5.74. The van der Waals surface area contributed by atoms with Gasteiger partial charge in [0, 0.05) is 12.6 Å². The number of nitrogens with zero attached hydrogens (tertiary/aromatic N) is 4. The maximum Gasteiger partial charge on any atom is 0.309 e. The molecule has 1 aliphatic rings. The van der Waals surface area contributed by atoms with E-state index in [1.165, 1.54) is 0 Å². The highest BCUT2D eigenvalue weighted by atomic mass is 16.4. The first-order valence-electron chi connectivity index (χ1n) is 7.66. The van der Waals surface area contributed by atoms with Crippen LogP contribution in [0.4, 0.5) is 0 Å². The van der Waals surface area contributed by atoms with Crippen LogP contribution in [0.2, 0.25) is 0 Å². The van der Waals surface area contributed by atoms with E-state index in [9.17, 15) is 9.90 Å². The number of aromatic nitrogens is 3. The summed E-state index contributed by atoms with van der Waals surface area (Å²) in [5.41, 5.74) is -0.676. The fourth-order valence-electron chi connectivity index (χ4n) is 2.98. The molecule has 2 heterocycles. The Morgan fingerprint density at radius 2 is 2.24 bits per heavy atom. The van der Waals surface area contributed by atoms with Crippen molar-refractivity contribution in [3.8, 4) is 0 Å². The SMILES string of the molecule is CC(C)n1ncnc1CN1CCCC(C(C)(C)C(=O)O)C1. The van der Waals surface area contributed by atoms with Gasteiger partial charge in [-0.1, -0.05) is 0 Å². The number of piperidine rings is 1. The Hall–Kier alpha value is -1.43. The minimum Gasteiger partial charge on any atom is -0.481 e. The standard InChI is InChI=1S/C15H26N4O2/c1-11(2)19-13(16-10-17-19)9-18-7-5-6-12(8-18)15(3,4)14(20)21/h10-12H,5-9H2,1-4H3,(H,20,21). The van der Waals surface area contributed by atoms with Crippen molar-refractivity contribution >= 4 is 5.97 Å². The minimum absolute atomic E-state index is 0.180. The summed E-state index contributed by atoms with van der Waals surface area (Å²) in [5, 5.41) is 13.7. The average molecular weight is 294 g/mol. The number of carboxylic acids is 1. The molecular weight excluding hydrogens is 268 g/mol. The minimum atomic E-state index is -0.709. The van der Waals surface area contributed by atoms with Crippen molar-refractivity contribution in [1.82, 2.24) is 19.7 Å². The number of carbonyl (C=O) groups is 1. The maximum absolute atomic E-state index is 11.4. The second-order valence-electron chi connectivity index (χ2n) is 6.82. The zero-order valence-electron chi connectivity index (χ0n) is 13.4. The summed E-state index contributed by atoms with van der Waals surface area (Å²) in [7, 11) is 0. The molecular formula is C15H26N4O2. The third-order valence-electron chi connectivity index (χ3n) is 4.58. The van der Waals surface area contributed by atoms with Crippen LogP contribution in [0.15, 0.2) is 6.33 Å². The molecule has 6 nitrogen and oxygen atoms in total. The molecule has 6 heteroatoms. The van der Waals surface area contributed by atoms with Gasteiger partial charge in [-0.15, -0.1) is 0 Å². The summed E-state index contributed by atoms with van der Waals surface area (Å²) in [5.74, 6) is 0.428. The molecule has 0 aliphatic carbocycles. The van der Waals surface area contributed by atoms with E-state index in [1.807, 2.05) is 18.5 Å². The fourth-order valence-corrected chi connectivity index (χ4v) is 2.98. The van der Waals surface area contributed by atoms with E-state index in [-0.39, 0.29) is 5.92 Å². The molecule has 0 bridgehead atoms. The molecule has 118 valence electrons. The first kappa shape index (κ1) is 15.9. The van der Waals surface area contributed by atoms with Crippen molar-refractivity contribution in [2.24, 2.45) is 11.3 Å². The van der Waals surface area contributed by atoms with Crippen LogP contribution in [-0.4, -0.2) is 43.8 Å². The normalized spacial score (nSPS) is 20.9. The average Bonchev–Trinajstić information content (AvgIpc) is 2.87. The molecule has 0 aromatic carbocycles. The van der Waals surface area contributed by atoms with E-state index in [4.69, 9.17) is 0 Å². The van der Waals surface area contributed by atoms with Crippen LogP contribution >= 0.6 is 0 Å². The van der Waals surface area contributed by atoms with Gasteiger partial charge in [0.05, 0.1) is 12.0 Å². The quantitative estimate of drug-likeness (QED) is 0.901. The Labute approximate surface area is 126 Å². The van der Waals surface area contributed by atoms with E-state index in [2.05, 4.69) is 28.8 Å². The van der Waals surface area contributed by atoms with Crippen molar-refractivity contribution in [2.45, 2.75) is 53.1 Å². The van der Waals surface area contributed by atoms with Crippen molar-refractivity contribution < 1.29 is 9.90 Å². The summed E-state index contributed by atoms with van der Waals surface area (Å²) >= 11 is 0. The lowest BCUT2D eigenvalue weighted by atomic mass is 9.74. The molecule has 0 saturated carbocycles. The first-order chi connectivity index (χ1) is 9.82. The molecule has 1 unspecified atom stereocenters. The van der Waals surface area contributed by atoms with Gasteiger partial charge in [-0.05, 0) is 53.0 Å². The first-order valence-corrected chi connectivity index (χ1v) is 7.66. The van der Waals surface area contributed by atoms with Crippen LogP contribution in [-0.2, 0) is 11.3 Å². The molecule has 1 aliphatic heterocycles. The van der Waals surface area contributed by atoms with Gasteiger partial charge in [-0.3, -0.25) is 9.69 Å². The van der Waals surface area contributed by atoms with Crippen LogP contribution in [0, 0.1) is 11.3 Å².